The lowest BCUT2D eigenvalue weighted by atomic mass is 9.86. The van der Waals surface area contributed by atoms with Gasteiger partial charge in [-0.05, 0) is 54.2 Å². The van der Waals surface area contributed by atoms with Gasteiger partial charge in [-0.2, -0.15) is 0 Å². The summed E-state index contributed by atoms with van der Waals surface area (Å²) in [5, 5.41) is 0. The van der Waals surface area contributed by atoms with E-state index in [1.54, 1.807) is 7.11 Å². The summed E-state index contributed by atoms with van der Waals surface area (Å²) in [6, 6.07) is 17.9. The molecule has 5 nitrogen and oxygen atoms in total. The number of methoxy groups -OCH3 is 1. The maximum atomic E-state index is 13.4. The first-order chi connectivity index (χ1) is 17.4. The van der Waals surface area contributed by atoms with Crippen molar-refractivity contribution in [3.8, 4) is 5.75 Å². The van der Waals surface area contributed by atoms with E-state index in [-0.39, 0.29) is 5.92 Å². The molecule has 2 fully saturated rings. The van der Waals surface area contributed by atoms with Crippen molar-refractivity contribution < 1.29 is 9.53 Å². The van der Waals surface area contributed by atoms with Crippen molar-refractivity contribution in [3.63, 3.8) is 0 Å². The first kappa shape index (κ1) is 26.5. The van der Waals surface area contributed by atoms with Crippen molar-refractivity contribution in [2.24, 2.45) is 11.8 Å². The monoisotopic (exact) mass is 491 g/mol. The number of anilines is 1. The second kappa shape index (κ2) is 12.1. The van der Waals surface area contributed by atoms with Gasteiger partial charge >= 0.3 is 0 Å². The molecule has 4 rings (SSSR count). The third-order valence-corrected chi connectivity index (χ3v) is 8.12. The Bertz CT molecular complexity index is 982. The standard InChI is InChI=1S/C31H45N3O2/c1-23(2)31(35)34(28-11-7-6-8-12-28)21-26-20-33(19-24-14-16-27(17-15-24)32(3)4)22-30(26)25-10-9-13-29(18-25)36-5/h9-10,13-18,23,26,28,30H,6-8,11-12,19-22H2,1-5H3. The predicted molar refractivity (Wildman–Crippen MR) is 149 cm³/mol. The first-order valence-electron chi connectivity index (χ1n) is 13.8. The molecule has 1 saturated carbocycles. The number of amides is 1. The number of ether oxygens (including phenoxy) is 1. The number of carbonyl (C=O) groups is 1. The Morgan fingerprint density at radius 1 is 1.03 bits per heavy atom. The van der Waals surface area contributed by atoms with Crippen LogP contribution in [0.5, 0.6) is 5.75 Å². The van der Waals surface area contributed by atoms with E-state index in [0.29, 0.717) is 23.8 Å². The first-order valence-corrected chi connectivity index (χ1v) is 13.8. The third kappa shape index (κ3) is 6.42. The molecule has 2 unspecified atom stereocenters. The van der Waals surface area contributed by atoms with E-state index in [2.05, 4.69) is 85.1 Å². The molecule has 0 N–H and O–H groups in total. The quantitative estimate of drug-likeness (QED) is 0.445. The van der Waals surface area contributed by atoms with Gasteiger partial charge in [0, 0.05) is 63.8 Å². The maximum Gasteiger partial charge on any atom is 0.225 e. The summed E-state index contributed by atoms with van der Waals surface area (Å²) in [6.07, 6.45) is 6.08. The van der Waals surface area contributed by atoms with E-state index in [0.717, 1.165) is 44.8 Å². The highest BCUT2D eigenvalue weighted by Gasteiger charge is 2.38. The molecule has 5 heteroatoms. The fourth-order valence-corrected chi connectivity index (χ4v) is 6.08. The van der Waals surface area contributed by atoms with Crippen LogP contribution in [-0.4, -0.2) is 62.6 Å². The minimum absolute atomic E-state index is 0.0370. The third-order valence-electron chi connectivity index (χ3n) is 8.12. The second-order valence-electron chi connectivity index (χ2n) is 11.3. The highest BCUT2D eigenvalue weighted by Crippen LogP contribution is 2.37. The molecule has 0 bridgehead atoms. The molecular weight excluding hydrogens is 446 g/mol. The Morgan fingerprint density at radius 2 is 1.75 bits per heavy atom. The highest BCUT2D eigenvalue weighted by molar-refractivity contribution is 5.78. The van der Waals surface area contributed by atoms with Gasteiger partial charge in [-0.25, -0.2) is 0 Å². The van der Waals surface area contributed by atoms with Crippen LogP contribution in [0.1, 0.15) is 63.0 Å². The fraction of sp³-hybridized carbons (Fsp3) is 0.581. The Morgan fingerprint density at radius 3 is 2.39 bits per heavy atom. The van der Waals surface area contributed by atoms with Crippen LogP contribution in [0.3, 0.4) is 0 Å². The van der Waals surface area contributed by atoms with Crippen LogP contribution >= 0.6 is 0 Å². The Labute approximate surface area is 218 Å². The average molecular weight is 492 g/mol. The average Bonchev–Trinajstić information content (AvgIpc) is 3.29. The van der Waals surface area contributed by atoms with Crippen molar-refractivity contribution in [1.29, 1.82) is 0 Å². The molecule has 196 valence electrons. The SMILES string of the molecule is COc1cccc(C2CN(Cc3ccc(N(C)C)cc3)CC2CN(C(=O)C(C)C)C2CCCCC2)c1. The Kier molecular flexibility index (Phi) is 8.95. The van der Waals surface area contributed by atoms with Crippen molar-refractivity contribution >= 4 is 11.6 Å². The number of rotatable bonds is 9. The smallest absolute Gasteiger partial charge is 0.225 e. The van der Waals surface area contributed by atoms with Crippen LogP contribution in [0.25, 0.3) is 0 Å². The summed E-state index contributed by atoms with van der Waals surface area (Å²) < 4.78 is 5.57. The largest absolute Gasteiger partial charge is 0.497 e. The van der Waals surface area contributed by atoms with Crippen LogP contribution in [0, 0.1) is 11.8 Å². The van der Waals surface area contributed by atoms with Crippen molar-refractivity contribution in [3.05, 3.63) is 59.7 Å². The molecule has 1 aliphatic heterocycles. The molecule has 2 aliphatic rings. The summed E-state index contributed by atoms with van der Waals surface area (Å²) in [7, 11) is 5.89. The molecule has 1 amide bonds. The lowest BCUT2D eigenvalue weighted by molar-refractivity contribution is -0.138. The van der Waals surface area contributed by atoms with E-state index in [9.17, 15) is 4.79 Å². The van der Waals surface area contributed by atoms with Crippen LogP contribution in [0.2, 0.25) is 0 Å². The molecule has 1 aliphatic carbocycles. The van der Waals surface area contributed by atoms with Crippen LogP contribution < -0.4 is 9.64 Å². The van der Waals surface area contributed by atoms with E-state index in [1.807, 2.05) is 6.07 Å². The van der Waals surface area contributed by atoms with Gasteiger partial charge in [-0.15, -0.1) is 0 Å². The Balaban J connectivity index is 1.57. The zero-order valence-corrected chi connectivity index (χ0v) is 23.0. The molecular formula is C31H45N3O2. The van der Waals surface area contributed by atoms with Gasteiger partial charge in [-0.3, -0.25) is 9.69 Å². The minimum Gasteiger partial charge on any atom is -0.497 e. The Hall–Kier alpha value is -2.53. The minimum atomic E-state index is 0.0370. The maximum absolute atomic E-state index is 13.4. The molecule has 0 aromatic heterocycles. The molecule has 2 aromatic rings. The molecule has 0 spiro atoms. The summed E-state index contributed by atoms with van der Waals surface area (Å²) in [4.78, 5) is 20.4. The fourth-order valence-electron chi connectivity index (χ4n) is 6.08. The van der Waals surface area contributed by atoms with Crippen LogP contribution in [0.4, 0.5) is 5.69 Å². The number of hydrogen-bond acceptors (Lipinski definition) is 4. The molecule has 2 aromatic carbocycles. The number of hydrogen-bond donors (Lipinski definition) is 0. The summed E-state index contributed by atoms with van der Waals surface area (Å²) in [5.41, 5.74) is 3.89. The van der Waals surface area contributed by atoms with Gasteiger partial charge in [0.25, 0.3) is 0 Å². The number of likely N-dealkylation sites (tertiary alicyclic amines) is 1. The van der Waals surface area contributed by atoms with Crippen LogP contribution in [-0.2, 0) is 11.3 Å². The lowest BCUT2D eigenvalue weighted by Crippen LogP contribution is -2.47. The zero-order chi connectivity index (χ0) is 25.7. The number of nitrogens with zero attached hydrogens (tertiary/aromatic N) is 3. The van der Waals surface area contributed by atoms with Crippen molar-refractivity contribution in [2.75, 3.05) is 45.7 Å². The van der Waals surface area contributed by atoms with Crippen molar-refractivity contribution in [2.45, 2.75) is 64.5 Å². The zero-order valence-electron chi connectivity index (χ0n) is 23.0. The highest BCUT2D eigenvalue weighted by atomic mass is 16.5. The van der Waals surface area contributed by atoms with Crippen molar-refractivity contribution in [1.82, 2.24) is 9.80 Å². The van der Waals surface area contributed by atoms with E-state index < -0.39 is 0 Å². The van der Waals surface area contributed by atoms with E-state index in [1.165, 1.54) is 36.1 Å². The number of carbonyl (C=O) groups excluding carboxylic acids is 1. The van der Waals surface area contributed by atoms with Crippen LogP contribution in [0.15, 0.2) is 48.5 Å². The topological polar surface area (TPSA) is 36.0 Å². The normalized spacial score (nSPS) is 21.1. The molecule has 36 heavy (non-hydrogen) atoms. The number of benzene rings is 2. The summed E-state index contributed by atoms with van der Waals surface area (Å²) >= 11 is 0. The second-order valence-corrected chi connectivity index (χ2v) is 11.3. The van der Waals surface area contributed by atoms with Gasteiger partial charge < -0.3 is 14.5 Å². The predicted octanol–water partition coefficient (Wildman–Crippen LogP) is 5.79. The molecule has 0 radical (unpaired) electrons. The van der Waals surface area contributed by atoms with Gasteiger partial charge in [-0.1, -0.05) is 57.4 Å². The summed E-state index contributed by atoms with van der Waals surface area (Å²) in [5.74, 6) is 2.06. The summed E-state index contributed by atoms with van der Waals surface area (Å²) in [6.45, 7) is 7.89. The lowest BCUT2D eigenvalue weighted by Gasteiger charge is -2.38. The van der Waals surface area contributed by atoms with Gasteiger partial charge in [0.1, 0.15) is 5.75 Å². The molecule has 1 saturated heterocycles. The molecule has 1 heterocycles. The van der Waals surface area contributed by atoms with E-state index in [4.69, 9.17) is 4.74 Å². The van der Waals surface area contributed by atoms with Gasteiger partial charge in [0.05, 0.1) is 7.11 Å². The van der Waals surface area contributed by atoms with Gasteiger partial charge in [0.15, 0.2) is 0 Å². The van der Waals surface area contributed by atoms with Gasteiger partial charge in [0.2, 0.25) is 5.91 Å². The molecule has 2 atom stereocenters. The van der Waals surface area contributed by atoms with E-state index >= 15 is 0 Å².